The maximum absolute atomic E-state index is 12.1. The molecule has 20 heavy (non-hydrogen) atoms. The molecular formula is C12H14BrN3O3S. The van der Waals surface area contributed by atoms with E-state index in [1.54, 1.807) is 10.8 Å². The number of hydrogen-bond acceptors (Lipinski definition) is 5. The average molecular weight is 360 g/mol. The van der Waals surface area contributed by atoms with E-state index in [4.69, 9.17) is 5.73 Å². The van der Waals surface area contributed by atoms with Gasteiger partial charge in [0.2, 0.25) is 0 Å². The smallest absolute Gasteiger partial charge is 0.180 e. The minimum absolute atomic E-state index is 0.151. The number of nitrogens with two attached hydrogens (primary N) is 1. The van der Waals surface area contributed by atoms with Crippen LogP contribution in [-0.4, -0.2) is 34.9 Å². The molecule has 6 nitrogen and oxygen atoms in total. The Kier molecular flexibility index (Phi) is 4.46. The van der Waals surface area contributed by atoms with Gasteiger partial charge < -0.3 is 15.4 Å². The SMILES string of the molecule is Nc1ccc(S(=O)(=O)CC(O)Cn2cnc(Br)c2)cc1. The van der Waals surface area contributed by atoms with Gasteiger partial charge in [0.25, 0.3) is 0 Å². The molecule has 0 saturated heterocycles. The lowest BCUT2D eigenvalue weighted by Gasteiger charge is -2.12. The number of hydrogen-bond donors (Lipinski definition) is 2. The number of halogens is 1. The minimum atomic E-state index is -3.54. The molecule has 0 aliphatic rings. The van der Waals surface area contributed by atoms with Gasteiger partial charge in [-0.2, -0.15) is 0 Å². The molecule has 0 saturated carbocycles. The van der Waals surface area contributed by atoms with Crippen molar-refractivity contribution in [3.63, 3.8) is 0 Å². The fourth-order valence-electron chi connectivity index (χ4n) is 1.75. The fourth-order valence-corrected chi connectivity index (χ4v) is 3.46. The summed E-state index contributed by atoms with van der Waals surface area (Å²) in [4.78, 5) is 4.09. The highest BCUT2D eigenvalue weighted by Gasteiger charge is 2.20. The fraction of sp³-hybridized carbons (Fsp3) is 0.250. The van der Waals surface area contributed by atoms with Crippen molar-refractivity contribution in [1.29, 1.82) is 0 Å². The van der Waals surface area contributed by atoms with Crippen LogP contribution < -0.4 is 5.73 Å². The highest BCUT2D eigenvalue weighted by molar-refractivity contribution is 9.10. The van der Waals surface area contributed by atoms with Crippen LogP contribution in [0, 0.1) is 0 Å². The molecule has 0 aliphatic heterocycles. The van der Waals surface area contributed by atoms with Crippen molar-refractivity contribution < 1.29 is 13.5 Å². The van der Waals surface area contributed by atoms with Crippen molar-refractivity contribution in [2.24, 2.45) is 0 Å². The van der Waals surface area contributed by atoms with Gasteiger partial charge in [-0.25, -0.2) is 13.4 Å². The van der Waals surface area contributed by atoms with Gasteiger partial charge in [0.15, 0.2) is 9.84 Å². The monoisotopic (exact) mass is 359 g/mol. The molecule has 0 amide bonds. The Hall–Kier alpha value is -1.38. The molecule has 3 N–H and O–H groups in total. The second kappa shape index (κ2) is 5.94. The first kappa shape index (κ1) is 15.0. The van der Waals surface area contributed by atoms with Crippen LogP contribution in [0.15, 0.2) is 46.3 Å². The first-order chi connectivity index (χ1) is 9.37. The molecule has 0 aliphatic carbocycles. The number of sulfone groups is 1. The molecule has 1 unspecified atom stereocenters. The summed E-state index contributed by atoms with van der Waals surface area (Å²) in [5, 5.41) is 9.90. The number of anilines is 1. The van der Waals surface area contributed by atoms with Gasteiger partial charge in [-0.1, -0.05) is 0 Å². The van der Waals surface area contributed by atoms with Crippen LogP contribution in [0.2, 0.25) is 0 Å². The van der Waals surface area contributed by atoms with Gasteiger partial charge in [-0.15, -0.1) is 0 Å². The van der Waals surface area contributed by atoms with E-state index in [9.17, 15) is 13.5 Å². The van der Waals surface area contributed by atoms with Gasteiger partial charge in [0.05, 0.1) is 29.6 Å². The molecule has 1 aromatic heterocycles. The van der Waals surface area contributed by atoms with Crippen LogP contribution in [-0.2, 0) is 16.4 Å². The predicted molar refractivity (Wildman–Crippen MR) is 78.8 cm³/mol. The lowest BCUT2D eigenvalue weighted by atomic mass is 10.3. The summed E-state index contributed by atoms with van der Waals surface area (Å²) in [5.74, 6) is -0.354. The third-order valence-corrected chi connectivity index (χ3v) is 4.90. The van der Waals surface area contributed by atoms with Crippen molar-refractivity contribution in [1.82, 2.24) is 9.55 Å². The number of benzene rings is 1. The zero-order valence-corrected chi connectivity index (χ0v) is 12.9. The number of aromatic nitrogens is 2. The average Bonchev–Trinajstić information content (AvgIpc) is 2.74. The van der Waals surface area contributed by atoms with E-state index in [-0.39, 0.29) is 17.2 Å². The second-order valence-electron chi connectivity index (χ2n) is 4.40. The van der Waals surface area contributed by atoms with Crippen LogP contribution in [0.4, 0.5) is 5.69 Å². The van der Waals surface area contributed by atoms with E-state index in [0.717, 1.165) is 0 Å². The van der Waals surface area contributed by atoms with E-state index >= 15 is 0 Å². The Morgan fingerprint density at radius 3 is 2.55 bits per heavy atom. The molecule has 1 aromatic carbocycles. The van der Waals surface area contributed by atoms with Crippen LogP contribution in [0.5, 0.6) is 0 Å². The Morgan fingerprint density at radius 2 is 2.00 bits per heavy atom. The van der Waals surface area contributed by atoms with E-state index in [2.05, 4.69) is 20.9 Å². The number of aliphatic hydroxyl groups excluding tert-OH is 1. The summed E-state index contributed by atoms with van der Waals surface area (Å²) in [7, 11) is -3.54. The highest BCUT2D eigenvalue weighted by atomic mass is 79.9. The zero-order chi connectivity index (χ0) is 14.8. The second-order valence-corrected chi connectivity index (χ2v) is 7.24. The molecule has 2 aromatic rings. The largest absolute Gasteiger partial charge is 0.399 e. The highest BCUT2D eigenvalue weighted by Crippen LogP contribution is 2.15. The lowest BCUT2D eigenvalue weighted by molar-refractivity contribution is 0.176. The number of rotatable bonds is 5. The van der Waals surface area contributed by atoms with Gasteiger partial charge in [-0.05, 0) is 40.2 Å². The Morgan fingerprint density at radius 1 is 1.35 bits per heavy atom. The number of aliphatic hydroxyl groups is 1. The summed E-state index contributed by atoms with van der Waals surface area (Å²) in [6, 6.07) is 5.91. The molecule has 1 heterocycles. The maximum Gasteiger partial charge on any atom is 0.180 e. The van der Waals surface area contributed by atoms with Crippen LogP contribution >= 0.6 is 15.9 Å². The van der Waals surface area contributed by atoms with Crippen molar-refractivity contribution in [3.05, 3.63) is 41.4 Å². The molecule has 108 valence electrons. The molecule has 0 radical (unpaired) electrons. The molecule has 0 spiro atoms. The normalized spacial score (nSPS) is 13.3. The van der Waals surface area contributed by atoms with E-state index in [1.807, 2.05) is 0 Å². The number of nitrogens with zero attached hydrogens (tertiary/aromatic N) is 2. The summed E-state index contributed by atoms with van der Waals surface area (Å²) in [6.45, 7) is 0.160. The Labute approximate surface area is 125 Å². The van der Waals surface area contributed by atoms with Crippen molar-refractivity contribution in [3.8, 4) is 0 Å². The van der Waals surface area contributed by atoms with E-state index in [0.29, 0.717) is 10.3 Å². The van der Waals surface area contributed by atoms with Crippen molar-refractivity contribution in [2.45, 2.75) is 17.5 Å². The third kappa shape index (κ3) is 3.81. The van der Waals surface area contributed by atoms with Gasteiger partial charge in [0, 0.05) is 11.9 Å². The van der Waals surface area contributed by atoms with E-state index in [1.165, 1.54) is 30.6 Å². The summed E-state index contributed by atoms with van der Waals surface area (Å²) in [5.41, 5.74) is 6.01. The maximum atomic E-state index is 12.1. The quantitative estimate of drug-likeness (QED) is 0.777. The topological polar surface area (TPSA) is 98.2 Å². The zero-order valence-electron chi connectivity index (χ0n) is 10.5. The first-order valence-corrected chi connectivity index (χ1v) is 8.25. The molecule has 2 rings (SSSR count). The number of imidazole rings is 1. The van der Waals surface area contributed by atoms with Crippen molar-refractivity contribution in [2.75, 3.05) is 11.5 Å². The molecule has 0 bridgehead atoms. The van der Waals surface area contributed by atoms with Gasteiger partial charge >= 0.3 is 0 Å². The van der Waals surface area contributed by atoms with Crippen LogP contribution in [0.25, 0.3) is 0 Å². The molecule has 1 atom stereocenters. The number of nitrogen functional groups attached to an aromatic ring is 1. The summed E-state index contributed by atoms with van der Waals surface area (Å²) >= 11 is 3.18. The minimum Gasteiger partial charge on any atom is -0.399 e. The van der Waals surface area contributed by atoms with Crippen molar-refractivity contribution >= 4 is 31.5 Å². The lowest BCUT2D eigenvalue weighted by Crippen LogP contribution is -2.25. The Bertz CT molecular complexity index is 682. The van der Waals surface area contributed by atoms with E-state index < -0.39 is 15.9 Å². The Balaban J connectivity index is 2.06. The summed E-state index contributed by atoms with van der Waals surface area (Å²) in [6.07, 6.45) is 2.17. The van der Waals surface area contributed by atoms with Crippen LogP contribution in [0.1, 0.15) is 0 Å². The van der Waals surface area contributed by atoms with Crippen LogP contribution in [0.3, 0.4) is 0 Å². The first-order valence-electron chi connectivity index (χ1n) is 5.80. The molecule has 0 fully saturated rings. The summed E-state index contributed by atoms with van der Waals surface area (Å²) < 4.78 is 26.5. The van der Waals surface area contributed by atoms with Gasteiger partial charge in [-0.3, -0.25) is 0 Å². The van der Waals surface area contributed by atoms with Gasteiger partial charge in [0.1, 0.15) is 4.60 Å². The standard InChI is InChI=1S/C12H14BrN3O3S/c13-12-6-16(8-15-12)5-10(17)7-20(18,19)11-3-1-9(14)2-4-11/h1-4,6,8,10,17H,5,7,14H2. The predicted octanol–water partition coefficient (Wildman–Crippen LogP) is 1.06. The molecule has 8 heteroatoms. The molecular weight excluding hydrogens is 346 g/mol. The third-order valence-electron chi connectivity index (χ3n) is 2.67.